The van der Waals surface area contributed by atoms with Crippen molar-refractivity contribution < 1.29 is 0 Å². The number of pyridine rings is 1. The van der Waals surface area contributed by atoms with Gasteiger partial charge >= 0.3 is 0 Å². The second-order valence-corrected chi connectivity index (χ2v) is 2.88. The van der Waals surface area contributed by atoms with Gasteiger partial charge in [-0.3, -0.25) is 9.67 Å². The Kier molecular flexibility index (Phi) is 2.36. The van der Waals surface area contributed by atoms with E-state index in [0.717, 1.165) is 13.0 Å². The maximum absolute atomic E-state index is 4.13. The van der Waals surface area contributed by atoms with Gasteiger partial charge < -0.3 is 0 Å². The highest BCUT2D eigenvalue weighted by Crippen LogP contribution is 1.98. The van der Waals surface area contributed by atoms with Gasteiger partial charge in [-0.2, -0.15) is 5.10 Å². The van der Waals surface area contributed by atoms with E-state index in [1.807, 2.05) is 29.2 Å². The molecule has 0 unspecified atom stereocenters. The van der Waals surface area contributed by atoms with Crippen LogP contribution in [0, 0.1) is 0 Å². The van der Waals surface area contributed by atoms with Crippen molar-refractivity contribution in [3.05, 3.63) is 48.5 Å². The lowest BCUT2D eigenvalue weighted by Crippen LogP contribution is -2.01. The summed E-state index contributed by atoms with van der Waals surface area (Å²) in [6.45, 7) is 0.915. The summed E-state index contributed by atoms with van der Waals surface area (Å²) in [4.78, 5) is 4.05. The average molecular weight is 173 g/mol. The predicted molar refractivity (Wildman–Crippen MR) is 50.2 cm³/mol. The Morgan fingerprint density at radius 3 is 2.92 bits per heavy atom. The molecule has 0 fully saturated rings. The molecule has 13 heavy (non-hydrogen) atoms. The Morgan fingerprint density at radius 1 is 1.23 bits per heavy atom. The molecule has 0 spiro atoms. The number of aromatic nitrogens is 3. The van der Waals surface area contributed by atoms with Crippen LogP contribution in [-0.2, 0) is 13.0 Å². The molecule has 0 radical (unpaired) electrons. The van der Waals surface area contributed by atoms with E-state index in [1.165, 1.54) is 5.56 Å². The molecular formula is C10H11N3. The molecule has 0 aliphatic rings. The molecule has 0 saturated carbocycles. The van der Waals surface area contributed by atoms with Crippen LogP contribution in [0.5, 0.6) is 0 Å². The smallest absolute Gasteiger partial charge is 0.0489 e. The topological polar surface area (TPSA) is 30.7 Å². The fourth-order valence-corrected chi connectivity index (χ4v) is 1.22. The van der Waals surface area contributed by atoms with Gasteiger partial charge in [-0.15, -0.1) is 0 Å². The normalized spacial score (nSPS) is 10.2. The lowest BCUT2D eigenvalue weighted by Gasteiger charge is -2.00. The Labute approximate surface area is 77.0 Å². The summed E-state index contributed by atoms with van der Waals surface area (Å²) >= 11 is 0. The number of aryl methyl sites for hydroxylation is 2. The zero-order valence-corrected chi connectivity index (χ0v) is 7.30. The maximum atomic E-state index is 4.13. The number of hydrogen-bond donors (Lipinski definition) is 0. The second-order valence-electron chi connectivity index (χ2n) is 2.88. The minimum Gasteiger partial charge on any atom is -0.272 e. The third kappa shape index (κ3) is 2.15. The molecule has 0 bridgehead atoms. The quantitative estimate of drug-likeness (QED) is 0.704. The van der Waals surface area contributed by atoms with Gasteiger partial charge in [0.15, 0.2) is 0 Å². The van der Waals surface area contributed by atoms with Gasteiger partial charge in [-0.25, -0.2) is 0 Å². The van der Waals surface area contributed by atoms with E-state index in [2.05, 4.69) is 16.1 Å². The number of rotatable bonds is 3. The molecule has 0 saturated heterocycles. The fourth-order valence-electron chi connectivity index (χ4n) is 1.22. The zero-order chi connectivity index (χ0) is 8.93. The van der Waals surface area contributed by atoms with Crippen LogP contribution in [0.25, 0.3) is 0 Å². The maximum Gasteiger partial charge on any atom is 0.0489 e. The van der Waals surface area contributed by atoms with Crippen LogP contribution < -0.4 is 0 Å². The molecule has 3 nitrogen and oxygen atoms in total. The Morgan fingerprint density at radius 2 is 2.23 bits per heavy atom. The van der Waals surface area contributed by atoms with E-state index in [4.69, 9.17) is 0 Å². The largest absolute Gasteiger partial charge is 0.272 e. The van der Waals surface area contributed by atoms with E-state index in [-0.39, 0.29) is 0 Å². The van der Waals surface area contributed by atoms with Crippen molar-refractivity contribution in [1.29, 1.82) is 0 Å². The minimum atomic E-state index is 0.915. The van der Waals surface area contributed by atoms with Crippen molar-refractivity contribution in [2.24, 2.45) is 0 Å². The summed E-state index contributed by atoms with van der Waals surface area (Å²) in [6.07, 6.45) is 8.43. The molecule has 2 aromatic heterocycles. The van der Waals surface area contributed by atoms with Gasteiger partial charge in [0.2, 0.25) is 0 Å². The predicted octanol–water partition coefficient (Wildman–Crippen LogP) is 1.52. The van der Waals surface area contributed by atoms with E-state index in [9.17, 15) is 0 Å². The molecule has 0 aliphatic carbocycles. The summed E-state index contributed by atoms with van der Waals surface area (Å²) in [5.41, 5.74) is 1.25. The molecule has 0 amide bonds. The molecule has 0 aliphatic heterocycles. The third-order valence-corrected chi connectivity index (χ3v) is 1.91. The van der Waals surface area contributed by atoms with Crippen molar-refractivity contribution in [1.82, 2.24) is 14.8 Å². The fraction of sp³-hybridized carbons (Fsp3) is 0.200. The summed E-state index contributed by atoms with van der Waals surface area (Å²) < 4.78 is 1.92. The van der Waals surface area contributed by atoms with Gasteiger partial charge in [0.25, 0.3) is 0 Å². The summed E-state index contributed by atoms with van der Waals surface area (Å²) in [5.74, 6) is 0. The highest BCUT2D eigenvalue weighted by atomic mass is 15.3. The second kappa shape index (κ2) is 3.85. The van der Waals surface area contributed by atoms with E-state index in [0.29, 0.717) is 0 Å². The van der Waals surface area contributed by atoms with Crippen LogP contribution in [0.4, 0.5) is 0 Å². The Bertz CT molecular complexity index is 340. The third-order valence-electron chi connectivity index (χ3n) is 1.91. The van der Waals surface area contributed by atoms with Crippen LogP contribution in [0.15, 0.2) is 43.0 Å². The summed E-state index contributed by atoms with van der Waals surface area (Å²) in [5, 5.41) is 4.13. The van der Waals surface area contributed by atoms with Crippen molar-refractivity contribution in [2.75, 3.05) is 0 Å². The first-order chi connectivity index (χ1) is 6.45. The van der Waals surface area contributed by atoms with Gasteiger partial charge in [0, 0.05) is 31.3 Å². The number of nitrogens with zero attached hydrogens (tertiary/aromatic N) is 3. The molecular weight excluding hydrogens is 162 g/mol. The first kappa shape index (κ1) is 7.98. The van der Waals surface area contributed by atoms with E-state index >= 15 is 0 Å². The van der Waals surface area contributed by atoms with Gasteiger partial charge in [-0.05, 0) is 24.1 Å². The van der Waals surface area contributed by atoms with Crippen LogP contribution in [0.2, 0.25) is 0 Å². The Hall–Kier alpha value is -1.64. The first-order valence-electron chi connectivity index (χ1n) is 4.31. The lowest BCUT2D eigenvalue weighted by molar-refractivity contribution is 0.614. The number of hydrogen-bond acceptors (Lipinski definition) is 2. The van der Waals surface area contributed by atoms with Crippen molar-refractivity contribution in [2.45, 2.75) is 13.0 Å². The highest BCUT2D eigenvalue weighted by molar-refractivity contribution is 5.08. The monoisotopic (exact) mass is 173 g/mol. The zero-order valence-electron chi connectivity index (χ0n) is 7.30. The van der Waals surface area contributed by atoms with Crippen molar-refractivity contribution >= 4 is 0 Å². The van der Waals surface area contributed by atoms with Crippen LogP contribution in [0.3, 0.4) is 0 Å². The molecule has 0 aromatic carbocycles. The van der Waals surface area contributed by atoms with Crippen molar-refractivity contribution in [3.63, 3.8) is 0 Å². The molecule has 66 valence electrons. The van der Waals surface area contributed by atoms with Gasteiger partial charge in [-0.1, -0.05) is 6.07 Å². The van der Waals surface area contributed by atoms with E-state index in [1.54, 1.807) is 12.4 Å². The van der Waals surface area contributed by atoms with Crippen LogP contribution in [-0.4, -0.2) is 14.8 Å². The van der Waals surface area contributed by atoms with Crippen LogP contribution >= 0.6 is 0 Å². The Balaban J connectivity index is 1.94. The first-order valence-corrected chi connectivity index (χ1v) is 4.31. The molecule has 2 heterocycles. The molecule has 0 N–H and O–H groups in total. The van der Waals surface area contributed by atoms with Gasteiger partial charge in [0.1, 0.15) is 0 Å². The molecule has 0 atom stereocenters. The molecule has 2 aromatic rings. The van der Waals surface area contributed by atoms with E-state index < -0.39 is 0 Å². The van der Waals surface area contributed by atoms with Crippen molar-refractivity contribution in [3.8, 4) is 0 Å². The molecule has 2 rings (SSSR count). The minimum absolute atomic E-state index is 0.915. The SMILES string of the molecule is c1cncc(CCn2cccn2)c1. The van der Waals surface area contributed by atoms with Crippen LogP contribution in [0.1, 0.15) is 5.56 Å². The van der Waals surface area contributed by atoms with Gasteiger partial charge in [0.05, 0.1) is 0 Å². The standard InChI is InChI=1S/C10H11N3/c1-3-10(9-11-5-1)4-8-13-7-2-6-12-13/h1-3,5-7,9H,4,8H2. The highest BCUT2D eigenvalue weighted by Gasteiger charge is 1.93. The lowest BCUT2D eigenvalue weighted by atomic mass is 10.2. The molecule has 3 heteroatoms. The summed E-state index contributed by atoms with van der Waals surface area (Å²) in [6, 6.07) is 5.97. The summed E-state index contributed by atoms with van der Waals surface area (Å²) in [7, 11) is 0. The average Bonchev–Trinajstić information content (AvgIpc) is 2.69.